The molecule has 0 unspecified atom stereocenters. The Hall–Kier alpha value is -6.98. The van der Waals surface area contributed by atoms with Gasteiger partial charge in [-0.05, 0) is 193 Å². The third kappa shape index (κ3) is 7.60. The molecule has 0 spiro atoms. The normalized spacial score (nSPS) is 17.5. The summed E-state index contributed by atoms with van der Waals surface area (Å²) in [7, 11) is 0. The molecule has 3 heterocycles. The molecule has 4 aliphatic rings. The van der Waals surface area contributed by atoms with Crippen molar-refractivity contribution in [1.29, 1.82) is 0 Å². The van der Waals surface area contributed by atoms with Crippen molar-refractivity contribution in [2.45, 2.75) is 156 Å². The third-order valence-electron chi connectivity index (χ3n) is 18.7. The van der Waals surface area contributed by atoms with Gasteiger partial charge in [0, 0.05) is 50.9 Å². The van der Waals surface area contributed by atoms with Crippen LogP contribution in [-0.4, -0.2) is 6.71 Å². The molecule has 13 rings (SSSR count). The minimum Gasteiger partial charge on any atom is -0.456 e. The maximum Gasteiger partial charge on any atom is 0.252 e. The number of anilines is 9. The fourth-order valence-electron chi connectivity index (χ4n) is 14.5. The summed E-state index contributed by atoms with van der Waals surface area (Å²) >= 11 is 0. The summed E-state index contributed by atoms with van der Waals surface area (Å²) in [6.45, 7) is 36.1. The fourth-order valence-corrected chi connectivity index (χ4v) is 14.5. The van der Waals surface area contributed by atoms with E-state index in [0.717, 1.165) is 57.5 Å². The van der Waals surface area contributed by atoms with Gasteiger partial charge in [0.15, 0.2) is 0 Å². The number of aryl methyl sites for hydroxylation is 1. The standard InChI is InChI=1S/C72H76BN3O/c1-44-35-51-53(70(10,11)34-33-69(51,8)9)41-58(44)76-60-42-54-52(71(12,13)43-72(54,14)15)40-56(60)73-55-32-30-49(74(47-23-18-16-19-24-47)48-25-20-17-21-26-48)39-59(55)75(61-36-46(68(5,6)7)37-62(76)66(61)73)57-27-22-28-63-65(57)50-31-29-45(67(2,3)4)38-64(50)77-63/h16-32,35-42H,33-34,43H2,1-15H3. The van der Waals surface area contributed by atoms with Crippen LogP contribution in [0.3, 0.4) is 0 Å². The van der Waals surface area contributed by atoms with Gasteiger partial charge in [0.05, 0.1) is 11.1 Å². The topological polar surface area (TPSA) is 22.9 Å². The van der Waals surface area contributed by atoms with Gasteiger partial charge in [-0.1, -0.05) is 170 Å². The van der Waals surface area contributed by atoms with Crippen LogP contribution in [0.1, 0.15) is 155 Å². The zero-order valence-electron chi connectivity index (χ0n) is 48.4. The van der Waals surface area contributed by atoms with Crippen LogP contribution in [-0.2, 0) is 32.5 Å². The first-order valence-electron chi connectivity index (χ1n) is 28.5. The van der Waals surface area contributed by atoms with Gasteiger partial charge < -0.3 is 19.1 Å². The molecule has 388 valence electrons. The van der Waals surface area contributed by atoms with Crippen LogP contribution in [0, 0.1) is 6.92 Å². The van der Waals surface area contributed by atoms with E-state index in [4.69, 9.17) is 4.42 Å². The van der Waals surface area contributed by atoms with Crippen LogP contribution in [0.25, 0.3) is 21.9 Å². The number of furan rings is 1. The molecule has 0 amide bonds. The monoisotopic (exact) mass is 1010 g/mol. The largest absolute Gasteiger partial charge is 0.456 e. The van der Waals surface area contributed by atoms with E-state index < -0.39 is 0 Å². The highest BCUT2D eigenvalue weighted by Gasteiger charge is 2.49. The van der Waals surface area contributed by atoms with Gasteiger partial charge in [0.2, 0.25) is 0 Å². The lowest BCUT2D eigenvalue weighted by molar-refractivity contribution is 0.332. The maximum absolute atomic E-state index is 6.98. The van der Waals surface area contributed by atoms with Crippen LogP contribution in [0.5, 0.6) is 0 Å². The number of rotatable bonds is 5. The Bertz CT molecular complexity index is 3860. The first-order chi connectivity index (χ1) is 36.3. The van der Waals surface area contributed by atoms with E-state index in [9.17, 15) is 0 Å². The number of fused-ring (bicyclic) bond motifs is 9. The zero-order valence-corrected chi connectivity index (χ0v) is 48.4. The second kappa shape index (κ2) is 16.5. The second-order valence-electron chi connectivity index (χ2n) is 28.1. The Kier molecular flexibility index (Phi) is 10.6. The van der Waals surface area contributed by atoms with E-state index in [0.29, 0.717) is 0 Å². The van der Waals surface area contributed by atoms with Crippen LogP contribution < -0.4 is 31.1 Å². The average molecular weight is 1010 g/mol. The number of para-hydroxylation sites is 2. The second-order valence-corrected chi connectivity index (χ2v) is 28.1. The Morgan fingerprint density at radius 2 is 0.987 bits per heavy atom. The molecule has 0 saturated heterocycles. The predicted molar refractivity (Wildman–Crippen MR) is 331 cm³/mol. The van der Waals surface area contributed by atoms with Crippen molar-refractivity contribution in [3.05, 3.63) is 191 Å². The lowest BCUT2D eigenvalue weighted by Gasteiger charge is -2.47. The summed E-state index contributed by atoms with van der Waals surface area (Å²) in [4.78, 5) is 7.80. The van der Waals surface area contributed by atoms with Gasteiger partial charge >= 0.3 is 0 Å². The van der Waals surface area contributed by atoms with Crippen LogP contribution >= 0.6 is 0 Å². The molecule has 0 radical (unpaired) electrons. The van der Waals surface area contributed by atoms with E-state index >= 15 is 0 Å². The molecule has 2 aliphatic carbocycles. The number of hydrogen-bond donors (Lipinski definition) is 0. The Labute approximate surface area is 459 Å². The molecule has 8 aromatic carbocycles. The van der Waals surface area contributed by atoms with Gasteiger partial charge in [-0.3, -0.25) is 0 Å². The zero-order chi connectivity index (χ0) is 54.1. The smallest absolute Gasteiger partial charge is 0.252 e. The van der Waals surface area contributed by atoms with Crippen LogP contribution in [0.15, 0.2) is 156 Å². The van der Waals surface area contributed by atoms with E-state index in [1.54, 1.807) is 0 Å². The van der Waals surface area contributed by atoms with Crippen molar-refractivity contribution in [2.24, 2.45) is 0 Å². The number of benzene rings is 8. The molecule has 0 saturated carbocycles. The highest BCUT2D eigenvalue weighted by molar-refractivity contribution is 7.00. The van der Waals surface area contributed by atoms with Crippen molar-refractivity contribution in [3.63, 3.8) is 0 Å². The van der Waals surface area contributed by atoms with Gasteiger partial charge in [-0.25, -0.2) is 0 Å². The number of nitrogens with zero attached hydrogens (tertiary/aromatic N) is 3. The summed E-state index contributed by atoms with van der Waals surface area (Å²) in [5, 5.41) is 2.25. The molecule has 4 nitrogen and oxygen atoms in total. The van der Waals surface area contributed by atoms with E-state index in [1.807, 2.05) is 0 Å². The lowest BCUT2D eigenvalue weighted by atomic mass is 9.33. The number of hydrogen-bond acceptors (Lipinski definition) is 4. The highest BCUT2D eigenvalue weighted by atomic mass is 16.3. The first kappa shape index (κ1) is 49.6. The van der Waals surface area contributed by atoms with E-state index in [1.165, 1.54) is 90.2 Å². The van der Waals surface area contributed by atoms with Gasteiger partial charge in [0.25, 0.3) is 6.71 Å². The Morgan fingerprint density at radius 3 is 1.60 bits per heavy atom. The highest BCUT2D eigenvalue weighted by Crippen LogP contribution is 2.56. The molecule has 2 aliphatic heterocycles. The van der Waals surface area contributed by atoms with Crippen molar-refractivity contribution >= 4 is 96.2 Å². The fraction of sp³-hybridized carbons (Fsp3) is 0.333. The summed E-state index contributed by atoms with van der Waals surface area (Å²) in [5.41, 5.74) is 26.2. The van der Waals surface area contributed by atoms with E-state index in [-0.39, 0.29) is 39.2 Å². The van der Waals surface area contributed by atoms with Crippen molar-refractivity contribution in [1.82, 2.24) is 0 Å². The quantitative estimate of drug-likeness (QED) is 0.160. The molecule has 77 heavy (non-hydrogen) atoms. The van der Waals surface area contributed by atoms with Crippen molar-refractivity contribution < 1.29 is 4.42 Å². The first-order valence-corrected chi connectivity index (χ1v) is 28.5. The molecule has 1 aromatic heterocycles. The average Bonchev–Trinajstić information content (AvgIpc) is 4.02. The molecular weight excluding hydrogens is 934 g/mol. The Morgan fingerprint density at radius 1 is 0.442 bits per heavy atom. The molecule has 9 aromatic rings. The summed E-state index contributed by atoms with van der Waals surface area (Å²) in [6.07, 6.45) is 3.43. The summed E-state index contributed by atoms with van der Waals surface area (Å²) in [5.74, 6) is 0. The van der Waals surface area contributed by atoms with Crippen LogP contribution in [0.2, 0.25) is 0 Å². The molecule has 0 N–H and O–H groups in total. The molecule has 0 bridgehead atoms. The minimum atomic E-state index is -0.184. The third-order valence-corrected chi connectivity index (χ3v) is 18.7. The van der Waals surface area contributed by atoms with Gasteiger partial charge in [-0.15, -0.1) is 0 Å². The van der Waals surface area contributed by atoms with Gasteiger partial charge in [0.1, 0.15) is 11.2 Å². The van der Waals surface area contributed by atoms with Gasteiger partial charge in [-0.2, -0.15) is 0 Å². The predicted octanol–water partition coefficient (Wildman–Crippen LogP) is 18.3. The van der Waals surface area contributed by atoms with Crippen molar-refractivity contribution in [2.75, 3.05) is 14.7 Å². The molecule has 0 atom stereocenters. The van der Waals surface area contributed by atoms with E-state index in [2.05, 4.69) is 270 Å². The SMILES string of the molecule is Cc1cc2c(cc1N1c3cc4c(cc3B3c5ccc(N(c6ccccc6)c6ccccc6)cc5N(c5cccc6oc7cc(C(C)(C)C)ccc7c56)c5cc(C(C)(C)C)cc1c53)C(C)(C)CC4(C)C)C(C)(C)CCC2(C)C. The van der Waals surface area contributed by atoms with Crippen molar-refractivity contribution in [3.8, 4) is 0 Å². The minimum absolute atomic E-state index is 0.000662. The maximum atomic E-state index is 6.98. The summed E-state index contributed by atoms with van der Waals surface area (Å²) < 4.78 is 6.98. The molecule has 0 fully saturated rings. The van der Waals surface area contributed by atoms with Crippen LogP contribution in [0.4, 0.5) is 51.2 Å². The Balaban J connectivity index is 1.18. The molecule has 5 heteroatoms. The summed E-state index contributed by atoms with van der Waals surface area (Å²) in [6, 6.07) is 58.3. The molecular formula is C72H76BN3O. The lowest BCUT2D eigenvalue weighted by Crippen LogP contribution is -2.61.